The highest BCUT2D eigenvalue weighted by Crippen LogP contribution is 2.49. The van der Waals surface area contributed by atoms with Gasteiger partial charge in [-0.25, -0.2) is 0 Å². The number of ketones is 1. The third-order valence-corrected chi connectivity index (χ3v) is 6.05. The summed E-state index contributed by atoms with van der Waals surface area (Å²) in [4.78, 5) is 28.3. The van der Waals surface area contributed by atoms with Crippen LogP contribution in [0.3, 0.4) is 0 Å². The van der Waals surface area contributed by atoms with E-state index < -0.39 is 0 Å². The summed E-state index contributed by atoms with van der Waals surface area (Å²) in [6.45, 7) is 2.00. The Morgan fingerprint density at radius 2 is 1.71 bits per heavy atom. The summed E-state index contributed by atoms with van der Waals surface area (Å²) in [5.74, 6) is 1.17. The Morgan fingerprint density at radius 3 is 2.39 bits per heavy atom. The van der Waals surface area contributed by atoms with Crippen molar-refractivity contribution >= 4 is 17.4 Å². The summed E-state index contributed by atoms with van der Waals surface area (Å²) in [5, 5.41) is 0. The van der Waals surface area contributed by atoms with Crippen molar-refractivity contribution in [3.63, 3.8) is 0 Å². The van der Waals surface area contributed by atoms with Crippen LogP contribution in [0.5, 0.6) is 17.2 Å². The molecule has 1 aliphatic carbocycles. The van der Waals surface area contributed by atoms with Crippen LogP contribution in [0.15, 0.2) is 47.7 Å². The van der Waals surface area contributed by atoms with Crippen molar-refractivity contribution < 1.29 is 23.8 Å². The molecule has 2 aliphatic rings. The highest BCUT2D eigenvalue weighted by molar-refractivity contribution is 6.07. The van der Waals surface area contributed by atoms with Crippen LogP contribution in [0.4, 0.5) is 5.69 Å². The summed E-state index contributed by atoms with van der Waals surface area (Å²) in [6.07, 6.45) is 2.10. The molecule has 0 N–H and O–H groups in total. The fraction of sp³-hybridized carbons (Fsp3) is 0.360. The molecule has 6 heteroatoms. The number of anilines is 1. The molecule has 2 aromatic carbocycles. The van der Waals surface area contributed by atoms with Crippen LogP contribution >= 0.6 is 0 Å². The van der Waals surface area contributed by atoms with Gasteiger partial charge in [0.15, 0.2) is 17.3 Å². The predicted molar refractivity (Wildman–Crippen MR) is 118 cm³/mol. The van der Waals surface area contributed by atoms with Gasteiger partial charge in [0.05, 0.1) is 21.3 Å². The van der Waals surface area contributed by atoms with E-state index in [0.717, 1.165) is 28.9 Å². The molecular formula is C25H27NO5. The molecular weight excluding hydrogens is 394 g/mol. The Morgan fingerprint density at radius 1 is 0.935 bits per heavy atom. The lowest BCUT2D eigenvalue weighted by atomic mass is 9.76. The third-order valence-electron chi connectivity index (χ3n) is 6.05. The van der Waals surface area contributed by atoms with Gasteiger partial charge < -0.3 is 14.2 Å². The van der Waals surface area contributed by atoms with Gasteiger partial charge in [-0.2, -0.15) is 0 Å². The van der Waals surface area contributed by atoms with Crippen molar-refractivity contribution in [2.75, 3.05) is 26.2 Å². The van der Waals surface area contributed by atoms with Gasteiger partial charge in [-0.15, -0.1) is 0 Å². The molecule has 1 atom stereocenters. The number of hydrogen-bond acceptors (Lipinski definition) is 5. The summed E-state index contributed by atoms with van der Waals surface area (Å²) in [7, 11) is 4.67. The predicted octanol–water partition coefficient (Wildman–Crippen LogP) is 4.55. The van der Waals surface area contributed by atoms with E-state index in [2.05, 4.69) is 0 Å². The zero-order chi connectivity index (χ0) is 22.1. The third kappa shape index (κ3) is 3.56. The maximum absolute atomic E-state index is 13.4. The van der Waals surface area contributed by atoms with Crippen LogP contribution in [-0.4, -0.2) is 33.0 Å². The first-order chi connectivity index (χ1) is 15.0. The number of amides is 1. The molecule has 6 nitrogen and oxygen atoms in total. The second kappa shape index (κ2) is 8.46. The largest absolute Gasteiger partial charge is 0.493 e. The van der Waals surface area contributed by atoms with Gasteiger partial charge in [-0.3, -0.25) is 14.5 Å². The van der Waals surface area contributed by atoms with Crippen LogP contribution in [0.1, 0.15) is 42.7 Å². The number of ether oxygens (including phenoxy) is 3. The van der Waals surface area contributed by atoms with Crippen LogP contribution in [-0.2, 0) is 9.59 Å². The van der Waals surface area contributed by atoms with E-state index in [1.165, 1.54) is 0 Å². The standard InChI is InChI=1S/C25H27NO5/c1-15-7-5-8-16(13-15)26-19-9-6-10-20(27)23(19)18(14-22(26)28)17-11-12-21(29-2)25(31-4)24(17)30-3/h5,7-8,11-13,18H,6,9-10,14H2,1-4H3. The number of hydrogen-bond donors (Lipinski definition) is 0. The number of aryl methyl sites for hydroxylation is 1. The fourth-order valence-electron chi connectivity index (χ4n) is 4.72. The summed E-state index contributed by atoms with van der Waals surface area (Å²) < 4.78 is 16.6. The highest BCUT2D eigenvalue weighted by atomic mass is 16.5. The molecule has 4 rings (SSSR count). The number of Topliss-reactive ketones (excluding diaryl/α,β-unsaturated/α-hetero) is 1. The molecule has 162 valence electrons. The highest BCUT2D eigenvalue weighted by Gasteiger charge is 2.41. The van der Waals surface area contributed by atoms with Crippen LogP contribution in [0.25, 0.3) is 0 Å². The number of nitrogens with zero attached hydrogens (tertiary/aromatic N) is 1. The zero-order valence-electron chi connectivity index (χ0n) is 18.4. The number of benzene rings is 2. The first-order valence-electron chi connectivity index (χ1n) is 10.4. The molecule has 0 fully saturated rings. The smallest absolute Gasteiger partial charge is 0.232 e. The van der Waals surface area contributed by atoms with Crippen molar-refractivity contribution in [3.05, 3.63) is 58.8 Å². The minimum atomic E-state index is -0.383. The number of rotatable bonds is 5. The van der Waals surface area contributed by atoms with Gasteiger partial charge in [-0.1, -0.05) is 18.2 Å². The molecule has 0 radical (unpaired) electrons. The molecule has 0 saturated heterocycles. The summed E-state index contributed by atoms with van der Waals surface area (Å²) in [6, 6.07) is 11.5. The van der Waals surface area contributed by atoms with Gasteiger partial charge >= 0.3 is 0 Å². The first-order valence-corrected chi connectivity index (χ1v) is 10.4. The maximum Gasteiger partial charge on any atom is 0.232 e. The van der Waals surface area contributed by atoms with E-state index in [1.807, 2.05) is 37.3 Å². The molecule has 31 heavy (non-hydrogen) atoms. The lowest BCUT2D eigenvalue weighted by molar-refractivity contribution is -0.119. The maximum atomic E-state index is 13.4. The Hall–Kier alpha value is -3.28. The topological polar surface area (TPSA) is 65.1 Å². The number of allylic oxidation sites excluding steroid dienone is 2. The second-order valence-electron chi connectivity index (χ2n) is 7.89. The molecule has 0 bridgehead atoms. The van der Waals surface area contributed by atoms with Crippen molar-refractivity contribution in [2.24, 2.45) is 0 Å². The summed E-state index contributed by atoms with van der Waals surface area (Å²) in [5.41, 5.74) is 4.15. The second-order valence-corrected chi connectivity index (χ2v) is 7.89. The van der Waals surface area contributed by atoms with E-state index in [-0.39, 0.29) is 24.0 Å². The lowest BCUT2D eigenvalue weighted by Gasteiger charge is -2.38. The van der Waals surface area contributed by atoms with Crippen LogP contribution < -0.4 is 19.1 Å². The Kier molecular flexibility index (Phi) is 5.72. The van der Waals surface area contributed by atoms with Gasteiger partial charge in [0.2, 0.25) is 11.7 Å². The Balaban J connectivity index is 1.91. The monoisotopic (exact) mass is 421 g/mol. The molecule has 1 unspecified atom stereocenters. The van der Waals surface area contributed by atoms with Crippen LogP contribution in [0.2, 0.25) is 0 Å². The minimum Gasteiger partial charge on any atom is -0.493 e. The van der Waals surface area contributed by atoms with Crippen LogP contribution in [0, 0.1) is 6.92 Å². The van der Waals surface area contributed by atoms with Gasteiger partial charge in [0, 0.05) is 41.3 Å². The Bertz CT molecular complexity index is 1070. The zero-order valence-corrected chi connectivity index (χ0v) is 18.4. The average molecular weight is 421 g/mol. The minimum absolute atomic E-state index is 0.0270. The summed E-state index contributed by atoms with van der Waals surface area (Å²) >= 11 is 0. The van der Waals surface area contributed by atoms with E-state index in [0.29, 0.717) is 35.7 Å². The van der Waals surface area contributed by atoms with E-state index in [1.54, 1.807) is 32.3 Å². The Labute approximate surface area is 182 Å². The number of carbonyl (C=O) groups excluding carboxylic acids is 2. The van der Waals surface area contributed by atoms with Crippen molar-refractivity contribution in [2.45, 2.75) is 38.5 Å². The fourth-order valence-corrected chi connectivity index (χ4v) is 4.72. The van der Waals surface area contributed by atoms with Crippen molar-refractivity contribution in [1.29, 1.82) is 0 Å². The van der Waals surface area contributed by atoms with Gasteiger partial charge in [0.1, 0.15) is 0 Å². The molecule has 1 aliphatic heterocycles. The molecule has 1 heterocycles. The van der Waals surface area contributed by atoms with E-state index >= 15 is 0 Å². The lowest BCUT2D eigenvalue weighted by Crippen LogP contribution is -2.40. The average Bonchev–Trinajstić information content (AvgIpc) is 2.77. The number of methoxy groups -OCH3 is 3. The van der Waals surface area contributed by atoms with Crippen molar-refractivity contribution in [1.82, 2.24) is 0 Å². The SMILES string of the molecule is COc1ccc(C2CC(=O)N(c3cccc(C)c3)C3=C2C(=O)CCC3)c(OC)c1OC. The van der Waals surface area contributed by atoms with Gasteiger partial charge in [-0.05, 0) is 43.5 Å². The molecule has 1 amide bonds. The number of carbonyl (C=O) groups is 2. The first kappa shape index (κ1) is 21.0. The van der Waals surface area contributed by atoms with E-state index in [4.69, 9.17) is 14.2 Å². The molecule has 2 aromatic rings. The normalized spacial score (nSPS) is 18.7. The molecule has 0 saturated carbocycles. The van der Waals surface area contributed by atoms with E-state index in [9.17, 15) is 9.59 Å². The van der Waals surface area contributed by atoms with Gasteiger partial charge in [0.25, 0.3) is 0 Å². The molecule has 0 spiro atoms. The molecule has 0 aromatic heterocycles. The quantitative estimate of drug-likeness (QED) is 0.709. The van der Waals surface area contributed by atoms with Crippen molar-refractivity contribution in [3.8, 4) is 17.2 Å².